The van der Waals surface area contributed by atoms with Crippen LogP contribution in [-0.4, -0.2) is 41.3 Å². The molecule has 2 rings (SSSR count). The normalized spacial score (nSPS) is 15.8. The maximum Gasteiger partial charge on any atom is 0.272 e. The molecule has 0 saturated carbocycles. The van der Waals surface area contributed by atoms with E-state index in [4.69, 9.17) is 11.6 Å². The molecule has 1 saturated heterocycles. The molecule has 0 atom stereocenters. The molecule has 0 spiro atoms. The van der Waals surface area contributed by atoms with Crippen LogP contribution < -0.4 is 5.32 Å². The molecule has 6 heteroatoms. The first-order chi connectivity index (χ1) is 10.1. The van der Waals surface area contributed by atoms with Crippen molar-refractivity contribution in [2.24, 2.45) is 5.92 Å². The first-order valence-electron chi connectivity index (χ1n) is 7.30. The Labute approximate surface area is 129 Å². The third kappa shape index (κ3) is 4.17. The molecule has 114 valence electrons. The highest BCUT2D eigenvalue weighted by molar-refractivity contribution is 6.30. The number of hydrogen-bond acceptors (Lipinski definition) is 3. The molecule has 1 N–H and O–H groups in total. The Balaban J connectivity index is 1.89. The molecule has 1 fully saturated rings. The maximum atomic E-state index is 12.3. The van der Waals surface area contributed by atoms with Crippen LogP contribution in [0.5, 0.6) is 0 Å². The lowest BCUT2D eigenvalue weighted by atomic mass is 9.95. The lowest BCUT2D eigenvalue weighted by Crippen LogP contribution is -2.43. The Hall–Kier alpha value is -1.62. The summed E-state index contributed by atoms with van der Waals surface area (Å²) in [7, 11) is 0. The predicted octanol–water partition coefficient (Wildman–Crippen LogP) is 2.11. The van der Waals surface area contributed by atoms with E-state index in [0.29, 0.717) is 43.2 Å². The van der Waals surface area contributed by atoms with Crippen LogP contribution in [0.4, 0.5) is 0 Å². The summed E-state index contributed by atoms with van der Waals surface area (Å²) >= 11 is 5.88. The van der Waals surface area contributed by atoms with E-state index in [1.807, 2.05) is 6.92 Å². The van der Waals surface area contributed by atoms with Crippen LogP contribution in [0.2, 0.25) is 5.02 Å². The van der Waals surface area contributed by atoms with Crippen LogP contribution in [0.15, 0.2) is 18.3 Å². The highest BCUT2D eigenvalue weighted by Crippen LogP contribution is 2.19. The predicted molar refractivity (Wildman–Crippen MR) is 81.2 cm³/mol. The first kappa shape index (κ1) is 15.8. The number of nitrogens with one attached hydrogen (secondary N) is 1. The minimum Gasteiger partial charge on any atom is -0.356 e. The Kier molecular flexibility index (Phi) is 5.56. The molecule has 0 unspecified atom stereocenters. The van der Waals surface area contributed by atoms with Crippen molar-refractivity contribution in [3.05, 3.63) is 29.0 Å². The van der Waals surface area contributed by atoms with Crippen molar-refractivity contribution in [3.8, 4) is 0 Å². The molecule has 0 aromatic carbocycles. The fourth-order valence-electron chi connectivity index (χ4n) is 2.42. The van der Waals surface area contributed by atoms with Crippen LogP contribution in [0, 0.1) is 5.92 Å². The van der Waals surface area contributed by atoms with E-state index >= 15 is 0 Å². The number of halogens is 1. The molecule has 5 nitrogen and oxygen atoms in total. The molecular formula is C15H20ClN3O2. The third-order valence-electron chi connectivity index (χ3n) is 3.64. The van der Waals surface area contributed by atoms with Gasteiger partial charge in [-0.2, -0.15) is 0 Å². The fourth-order valence-corrected chi connectivity index (χ4v) is 2.58. The Bertz CT molecular complexity index is 513. The van der Waals surface area contributed by atoms with Crippen molar-refractivity contribution in [1.82, 2.24) is 15.2 Å². The van der Waals surface area contributed by atoms with Gasteiger partial charge >= 0.3 is 0 Å². The van der Waals surface area contributed by atoms with Gasteiger partial charge in [-0.15, -0.1) is 0 Å². The van der Waals surface area contributed by atoms with E-state index in [0.717, 1.165) is 6.42 Å². The minimum atomic E-state index is -0.120. The Morgan fingerprint density at radius 1 is 1.43 bits per heavy atom. The Morgan fingerprint density at radius 2 is 2.14 bits per heavy atom. The quantitative estimate of drug-likeness (QED) is 0.926. The SMILES string of the molecule is CCCNC(=O)C1CCN(C(=O)c2cc(Cl)ccn2)CC1. The van der Waals surface area contributed by atoms with Crippen molar-refractivity contribution < 1.29 is 9.59 Å². The number of aromatic nitrogens is 1. The van der Waals surface area contributed by atoms with E-state index < -0.39 is 0 Å². The molecule has 1 aliphatic rings. The second-order valence-corrected chi connectivity index (χ2v) is 5.65. The van der Waals surface area contributed by atoms with E-state index in [1.165, 1.54) is 6.20 Å². The number of hydrogen-bond donors (Lipinski definition) is 1. The summed E-state index contributed by atoms with van der Waals surface area (Å²) in [5, 5.41) is 3.42. The van der Waals surface area contributed by atoms with E-state index in [1.54, 1.807) is 17.0 Å². The van der Waals surface area contributed by atoms with E-state index in [-0.39, 0.29) is 17.7 Å². The number of nitrogens with zero attached hydrogens (tertiary/aromatic N) is 2. The molecule has 0 radical (unpaired) electrons. The van der Waals surface area contributed by atoms with Crippen LogP contribution >= 0.6 is 11.6 Å². The molecule has 1 aromatic heterocycles. The van der Waals surface area contributed by atoms with E-state index in [9.17, 15) is 9.59 Å². The van der Waals surface area contributed by atoms with Gasteiger partial charge in [0.2, 0.25) is 5.91 Å². The second kappa shape index (κ2) is 7.41. The van der Waals surface area contributed by atoms with Gasteiger partial charge in [0.15, 0.2) is 0 Å². The summed E-state index contributed by atoms with van der Waals surface area (Å²) < 4.78 is 0. The molecule has 1 aliphatic heterocycles. The average Bonchev–Trinajstić information content (AvgIpc) is 2.52. The van der Waals surface area contributed by atoms with Crippen LogP contribution in [0.25, 0.3) is 0 Å². The monoisotopic (exact) mass is 309 g/mol. The molecule has 21 heavy (non-hydrogen) atoms. The largest absolute Gasteiger partial charge is 0.356 e. The van der Waals surface area contributed by atoms with Gasteiger partial charge in [-0.05, 0) is 31.4 Å². The summed E-state index contributed by atoms with van der Waals surface area (Å²) in [4.78, 5) is 30.0. The molecule has 2 heterocycles. The summed E-state index contributed by atoms with van der Waals surface area (Å²) in [6, 6.07) is 3.21. The molecule has 2 amide bonds. The standard InChI is InChI=1S/C15H20ClN3O2/c1-2-6-18-14(20)11-4-8-19(9-5-11)15(21)13-10-12(16)3-7-17-13/h3,7,10-11H,2,4-6,8-9H2,1H3,(H,18,20). The summed E-state index contributed by atoms with van der Waals surface area (Å²) in [6.07, 6.45) is 3.85. The third-order valence-corrected chi connectivity index (χ3v) is 3.88. The highest BCUT2D eigenvalue weighted by Gasteiger charge is 2.28. The van der Waals surface area contributed by atoms with Gasteiger partial charge in [0.25, 0.3) is 5.91 Å². The number of carbonyl (C=O) groups excluding carboxylic acids is 2. The maximum absolute atomic E-state index is 12.3. The number of likely N-dealkylation sites (tertiary alicyclic amines) is 1. The van der Waals surface area contributed by atoms with E-state index in [2.05, 4.69) is 10.3 Å². The zero-order chi connectivity index (χ0) is 15.2. The topological polar surface area (TPSA) is 62.3 Å². The molecular weight excluding hydrogens is 290 g/mol. The van der Waals surface area contributed by atoms with Crippen molar-refractivity contribution in [2.75, 3.05) is 19.6 Å². The number of pyridine rings is 1. The lowest BCUT2D eigenvalue weighted by molar-refractivity contribution is -0.126. The smallest absolute Gasteiger partial charge is 0.272 e. The van der Waals surface area contributed by atoms with Crippen molar-refractivity contribution in [2.45, 2.75) is 26.2 Å². The first-order valence-corrected chi connectivity index (χ1v) is 7.68. The molecule has 0 aliphatic carbocycles. The number of carbonyl (C=O) groups is 2. The average molecular weight is 310 g/mol. The van der Waals surface area contributed by atoms with Crippen LogP contribution in [0.1, 0.15) is 36.7 Å². The van der Waals surface area contributed by atoms with Crippen LogP contribution in [-0.2, 0) is 4.79 Å². The number of rotatable bonds is 4. The van der Waals surface area contributed by atoms with Gasteiger partial charge < -0.3 is 10.2 Å². The van der Waals surface area contributed by atoms with Gasteiger partial charge in [0.05, 0.1) is 0 Å². The van der Waals surface area contributed by atoms with Crippen molar-refractivity contribution in [1.29, 1.82) is 0 Å². The number of piperidine rings is 1. The molecule has 1 aromatic rings. The second-order valence-electron chi connectivity index (χ2n) is 5.22. The minimum absolute atomic E-state index is 0.00733. The van der Waals surface area contributed by atoms with Gasteiger partial charge in [-0.1, -0.05) is 18.5 Å². The lowest BCUT2D eigenvalue weighted by Gasteiger charge is -2.31. The summed E-state index contributed by atoms with van der Waals surface area (Å²) in [5.41, 5.74) is 0.358. The summed E-state index contributed by atoms with van der Waals surface area (Å²) in [5.74, 6) is -0.0114. The van der Waals surface area contributed by atoms with Crippen LogP contribution in [0.3, 0.4) is 0 Å². The van der Waals surface area contributed by atoms with Gasteiger partial charge in [-0.3, -0.25) is 14.6 Å². The zero-order valence-electron chi connectivity index (χ0n) is 12.1. The number of amides is 2. The molecule has 0 bridgehead atoms. The van der Waals surface area contributed by atoms with Crippen molar-refractivity contribution >= 4 is 23.4 Å². The Morgan fingerprint density at radius 3 is 2.76 bits per heavy atom. The highest BCUT2D eigenvalue weighted by atomic mass is 35.5. The zero-order valence-corrected chi connectivity index (χ0v) is 12.9. The van der Waals surface area contributed by atoms with Gasteiger partial charge in [0.1, 0.15) is 5.69 Å². The van der Waals surface area contributed by atoms with Crippen molar-refractivity contribution in [3.63, 3.8) is 0 Å². The van der Waals surface area contributed by atoms with Gasteiger partial charge in [0, 0.05) is 36.8 Å². The summed E-state index contributed by atoms with van der Waals surface area (Å²) in [6.45, 7) is 3.90. The fraction of sp³-hybridized carbons (Fsp3) is 0.533. The van der Waals surface area contributed by atoms with Gasteiger partial charge in [-0.25, -0.2) is 0 Å².